The minimum atomic E-state index is 0.647. The average Bonchev–Trinajstić information content (AvgIpc) is 2.90. The Kier molecular flexibility index (Phi) is 2.32. The summed E-state index contributed by atoms with van der Waals surface area (Å²) in [6.07, 6.45) is 7.49. The molecule has 3 rings (SSSR count). The molecule has 0 nitrogen and oxygen atoms in total. The molecule has 0 aromatic heterocycles. The highest BCUT2D eigenvalue weighted by Gasteiger charge is 2.36. The molecule has 0 amide bonds. The van der Waals surface area contributed by atoms with Gasteiger partial charge in [0.2, 0.25) is 0 Å². The van der Waals surface area contributed by atoms with E-state index in [1.807, 2.05) is 0 Å². The van der Waals surface area contributed by atoms with Crippen LogP contribution in [-0.4, -0.2) is 0 Å². The molecule has 0 heterocycles. The van der Waals surface area contributed by atoms with Crippen LogP contribution in [0.3, 0.4) is 0 Å². The highest BCUT2D eigenvalue weighted by molar-refractivity contribution is 6.17. The van der Waals surface area contributed by atoms with Crippen molar-refractivity contribution in [3.63, 3.8) is 0 Å². The number of halogens is 1. The molecule has 0 saturated heterocycles. The number of rotatable bonds is 2. The summed E-state index contributed by atoms with van der Waals surface area (Å²) in [6, 6.07) is 8.65. The molecule has 2 aliphatic carbocycles. The number of fused-ring (bicyclic) bond motifs is 2. The standard InChI is InChI=1S/C14H15Cl/c15-9-12-3-1-2-4-13(12)14-8-10-5-6-11(14)7-10/h1-6,10-11,14H,7-9H2. The molecule has 1 aromatic rings. The number of hydrogen-bond acceptors (Lipinski definition) is 0. The maximum Gasteiger partial charge on any atom is 0.0476 e. The van der Waals surface area contributed by atoms with Gasteiger partial charge in [-0.3, -0.25) is 0 Å². The first-order chi connectivity index (χ1) is 7.38. The van der Waals surface area contributed by atoms with Gasteiger partial charge >= 0.3 is 0 Å². The van der Waals surface area contributed by atoms with E-state index in [9.17, 15) is 0 Å². The molecule has 0 spiro atoms. The van der Waals surface area contributed by atoms with Gasteiger partial charge < -0.3 is 0 Å². The van der Waals surface area contributed by atoms with Gasteiger partial charge in [0.1, 0.15) is 0 Å². The van der Waals surface area contributed by atoms with Crippen LogP contribution in [0, 0.1) is 11.8 Å². The molecule has 0 radical (unpaired) electrons. The third kappa shape index (κ3) is 1.52. The summed E-state index contributed by atoms with van der Waals surface area (Å²) in [5.41, 5.74) is 2.81. The monoisotopic (exact) mass is 218 g/mol. The second-order valence-electron chi connectivity index (χ2n) is 4.72. The van der Waals surface area contributed by atoms with Gasteiger partial charge in [-0.25, -0.2) is 0 Å². The Morgan fingerprint density at radius 3 is 2.67 bits per heavy atom. The molecule has 1 heteroatoms. The lowest BCUT2D eigenvalue weighted by atomic mass is 9.85. The quantitative estimate of drug-likeness (QED) is 0.518. The maximum absolute atomic E-state index is 5.99. The Balaban J connectivity index is 1.96. The number of alkyl halides is 1. The van der Waals surface area contributed by atoms with E-state index >= 15 is 0 Å². The van der Waals surface area contributed by atoms with Crippen molar-refractivity contribution in [2.45, 2.75) is 24.6 Å². The van der Waals surface area contributed by atoms with Crippen molar-refractivity contribution in [2.24, 2.45) is 11.8 Å². The number of allylic oxidation sites excluding steroid dienone is 2. The smallest absolute Gasteiger partial charge is 0.0476 e. The molecule has 78 valence electrons. The van der Waals surface area contributed by atoms with E-state index < -0.39 is 0 Å². The molecule has 0 N–H and O–H groups in total. The maximum atomic E-state index is 5.99. The molecule has 1 saturated carbocycles. The van der Waals surface area contributed by atoms with Gasteiger partial charge in [0.15, 0.2) is 0 Å². The molecule has 3 unspecified atom stereocenters. The molecule has 1 aromatic carbocycles. The van der Waals surface area contributed by atoms with Crippen LogP contribution >= 0.6 is 11.6 Å². The van der Waals surface area contributed by atoms with Crippen molar-refractivity contribution in [1.82, 2.24) is 0 Å². The van der Waals surface area contributed by atoms with Crippen LogP contribution in [0.25, 0.3) is 0 Å². The molecular formula is C14H15Cl. The largest absolute Gasteiger partial charge is 0.122 e. The molecule has 15 heavy (non-hydrogen) atoms. The second-order valence-corrected chi connectivity index (χ2v) is 4.99. The van der Waals surface area contributed by atoms with E-state index in [1.54, 1.807) is 0 Å². The predicted molar refractivity (Wildman–Crippen MR) is 64.1 cm³/mol. The SMILES string of the molecule is ClCc1ccccc1C1CC2C=CC1C2. The minimum Gasteiger partial charge on any atom is -0.122 e. The van der Waals surface area contributed by atoms with Crippen LogP contribution in [0.1, 0.15) is 29.9 Å². The normalized spacial score (nSPS) is 32.5. The van der Waals surface area contributed by atoms with Crippen LogP contribution in [0.5, 0.6) is 0 Å². The number of hydrogen-bond donors (Lipinski definition) is 0. The first-order valence-electron chi connectivity index (χ1n) is 5.70. The van der Waals surface area contributed by atoms with Crippen molar-refractivity contribution in [3.05, 3.63) is 47.5 Å². The summed E-state index contributed by atoms with van der Waals surface area (Å²) in [5, 5.41) is 0. The molecular weight excluding hydrogens is 204 g/mol. The van der Waals surface area contributed by atoms with Crippen molar-refractivity contribution in [1.29, 1.82) is 0 Å². The van der Waals surface area contributed by atoms with Crippen LogP contribution < -0.4 is 0 Å². The summed E-state index contributed by atoms with van der Waals surface area (Å²) in [7, 11) is 0. The van der Waals surface area contributed by atoms with Gasteiger partial charge in [-0.2, -0.15) is 0 Å². The second kappa shape index (κ2) is 3.68. The highest BCUT2D eigenvalue weighted by atomic mass is 35.5. The van der Waals surface area contributed by atoms with E-state index in [4.69, 9.17) is 11.6 Å². The fraction of sp³-hybridized carbons (Fsp3) is 0.429. The zero-order valence-corrected chi connectivity index (χ0v) is 9.45. The van der Waals surface area contributed by atoms with E-state index in [1.165, 1.54) is 24.0 Å². The van der Waals surface area contributed by atoms with E-state index in [0.717, 1.165) is 17.8 Å². The first-order valence-corrected chi connectivity index (χ1v) is 6.24. The lowest BCUT2D eigenvalue weighted by Gasteiger charge is -2.20. The van der Waals surface area contributed by atoms with E-state index in [0.29, 0.717) is 5.88 Å². The zero-order chi connectivity index (χ0) is 10.3. The lowest BCUT2D eigenvalue weighted by molar-refractivity contribution is 0.582. The third-order valence-corrected chi connectivity index (χ3v) is 4.17. The van der Waals surface area contributed by atoms with E-state index in [-0.39, 0.29) is 0 Å². The molecule has 1 fully saturated rings. The van der Waals surface area contributed by atoms with Gasteiger partial charge in [-0.15, -0.1) is 11.6 Å². The lowest BCUT2D eigenvalue weighted by Crippen LogP contribution is -2.07. The number of benzene rings is 1. The molecule has 3 atom stereocenters. The Morgan fingerprint density at radius 1 is 1.13 bits per heavy atom. The van der Waals surface area contributed by atoms with Gasteiger partial charge in [0.25, 0.3) is 0 Å². The van der Waals surface area contributed by atoms with Crippen molar-refractivity contribution in [3.8, 4) is 0 Å². The fourth-order valence-corrected chi connectivity index (χ4v) is 3.40. The topological polar surface area (TPSA) is 0 Å². The Hall–Kier alpha value is -0.750. The molecule has 2 aliphatic rings. The zero-order valence-electron chi connectivity index (χ0n) is 8.70. The van der Waals surface area contributed by atoms with Crippen LogP contribution in [-0.2, 0) is 5.88 Å². The van der Waals surface area contributed by atoms with Gasteiger partial charge in [-0.1, -0.05) is 36.4 Å². The summed E-state index contributed by atoms with van der Waals surface area (Å²) >= 11 is 5.99. The highest BCUT2D eigenvalue weighted by Crippen LogP contribution is 2.49. The summed E-state index contributed by atoms with van der Waals surface area (Å²) < 4.78 is 0. The van der Waals surface area contributed by atoms with Crippen LogP contribution in [0.4, 0.5) is 0 Å². The van der Waals surface area contributed by atoms with Crippen molar-refractivity contribution >= 4 is 11.6 Å². The summed E-state index contributed by atoms with van der Waals surface area (Å²) in [4.78, 5) is 0. The first kappa shape index (κ1) is 9.47. The van der Waals surface area contributed by atoms with Gasteiger partial charge in [-0.05, 0) is 41.7 Å². The minimum absolute atomic E-state index is 0.647. The van der Waals surface area contributed by atoms with E-state index in [2.05, 4.69) is 36.4 Å². The Bertz CT molecular complexity index is 394. The van der Waals surface area contributed by atoms with Crippen molar-refractivity contribution in [2.75, 3.05) is 0 Å². The Labute approximate surface area is 96.0 Å². The van der Waals surface area contributed by atoms with Crippen molar-refractivity contribution < 1.29 is 0 Å². The molecule has 0 aliphatic heterocycles. The Morgan fingerprint density at radius 2 is 2.00 bits per heavy atom. The van der Waals surface area contributed by atoms with Gasteiger partial charge in [0.05, 0.1) is 0 Å². The average molecular weight is 219 g/mol. The van der Waals surface area contributed by atoms with Gasteiger partial charge in [0, 0.05) is 5.88 Å². The van der Waals surface area contributed by atoms with Crippen LogP contribution in [0.2, 0.25) is 0 Å². The summed E-state index contributed by atoms with van der Waals surface area (Å²) in [5.74, 6) is 2.99. The van der Waals surface area contributed by atoms with Crippen LogP contribution in [0.15, 0.2) is 36.4 Å². The molecule has 2 bridgehead atoms. The summed E-state index contributed by atoms with van der Waals surface area (Å²) in [6.45, 7) is 0. The third-order valence-electron chi connectivity index (χ3n) is 3.88. The predicted octanol–water partition coefficient (Wildman–Crippen LogP) is 4.11. The fourth-order valence-electron chi connectivity index (χ4n) is 3.16.